The van der Waals surface area contributed by atoms with E-state index in [0.717, 1.165) is 11.4 Å². The summed E-state index contributed by atoms with van der Waals surface area (Å²) in [6, 6.07) is 6.59. The third-order valence-corrected chi connectivity index (χ3v) is 2.71. The molecule has 7 heteroatoms. The summed E-state index contributed by atoms with van der Waals surface area (Å²) >= 11 is 0. The van der Waals surface area contributed by atoms with E-state index in [1.807, 2.05) is 0 Å². The smallest absolute Gasteiger partial charge is 0.335 e. The molecule has 1 heterocycles. The lowest BCUT2D eigenvalue weighted by Crippen LogP contribution is -2.02. The van der Waals surface area contributed by atoms with Gasteiger partial charge in [0.2, 0.25) is 0 Å². The number of carbonyl (C=O) groups is 1. The van der Waals surface area contributed by atoms with Crippen LogP contribution in [0.15, 0.2) is 30.5 Å². The van der Waals surface area contributed by atoms with Crippen molar-refractivity contribution in [3.63, 3.8) is 0 Å². The van der Waals surface area contributed by atoms with Gasteiger partial charge in [0.25, 0.3) is 0 Å². The van der Waals surface area contributed by atoms with E-state index in [0.29, 0.717) is 19.5 Å². The lowest BCUT2D eigenvalue weighted by Gasteiger charge is -2.04. The van der Waals surface area contributed by atoms with Crippen LogP contribution in [0.1, 0.15) is 22.5 Å². The molecule has 2 aromatic rings. The number of aromatic nitrogens is 3. The molecule has 0 radical (unpaired) electrons. The van der Waals surface area contributed by atoms with Crippen LogP contribution in [0, 0.1) is 0 Å². The van der Waals surface area contributed by atoms with Gasteiger partial charge in [-0.3, -0.25) is 4.68 Å². The number of benzene rings is 1. The van der Waals surface area contributed by atoms with Crippen LogP contribution in [0.3, 0.4) is 0 Å². The number of hydrogen-bond donors (Lipinski definition) is 3. The van der Waals surface area contributed by atoms with Crippen LogP contribution in [-0.4, -0.2) is 37.8 Å². The van der Waals surface area contributed by atoms with Crippen LogP contribution < -0.4 is 5.32 Å². The molecule has 0 bridgehead atoms. The van der Waals surface area contributed by atoms with Crippen molar-refractivity contribution in [1.29, 1.82) is 0 Å². The zero-order chi connectivity index (χ0) is 14.4. The highest BCUT2D eigenvalue weighted by Gasteiger charge is 2.04. The van der Waals surface area contributed by atoms with Gasteiger partial charge in [0, 0.05) is 18.8 Å². The maximum Gasteiger partial charge on any atom is 0.335 e. The topological polar surface area (TPSA) is 100 Å². The van der Waals surface area contributed by atoms with Crippen molar-refractivity contribution in [3.05, 3.63) is 41.7 Å². The Morgan fingerprint density at radius 2 is 2.25 bits per heavy atom. The monoisotopic (exact) mass is 276 g/mol. The summed E-state index contributed by atoms with van der Waals surface area (Å²) in [6.07, 6.45) is 2.43. The lowest BCUT2D eigenvalue weighted by molar-refractivity contribution is 0.0697. The Bertz CT molecular complexity index is 583. The summed E-state index contributed by atoms with van der Waals surface area (Å²) in [6.45, 7) is 1.20. The van der Waals surface area contributed by atoms with Gasteiger partial charge in [-0.2, -0.15) is 0 Å². The number of carboxylic acids is 1. The van der Waals surface area contributed by atoms with Crippen molar-refractivity contribution in [2.75, 3.05) is 11.9 Å². The van der Waals surface area contributed by atoms with E-state index < -0.39 is 5.97 Å². The van der Waals surface area contributed by atoms with Gasteiger partial charge in [-0.15, -0.1) is 5.10 Å². The number of aliphatic hydroxyl groups excluding tert-OH is 1. The molecule has 0 aliphatic carbocycles. The second-order valence-electron chi connectivity index (χ2n) is 4.29. The molecule has 0 amide bonds. The number of nitrogens with one attached hydrogen (secondary N) is 1. The van der Waals surface area contributed by atoms with Crippen molar-refractivity contribution in [1.82, 2.24) is 15.0 Å². The predicted molar refractivity (Wildman–Crippen MR) is 72.5 cm³/mol. The molecule has 106 valence electrons. The van der Waals surface area contributed by atoms with Crippen molar-refractivity contribution < 1.29 is 15.0 Å². The normalized spacial score (nSPS) is 10.4. The van der Waals surface area contributed by atoms with E-state index >= 15 is 0 Å². The van der Waals surface area contributed by atoms with Crippen LogP contribution in [0.4, 0.5) is 5.69 Å². The van der Waals surface area contributed by atoms with Gasteiger partial charge in [0.15, 0.2) is 0 Å². The molecule has 7 nitrogen and oxygen atoms in total. The third-order valence-electron chi connectivity index (χ3n) is 2.71. The first kappa shape index (κ1) is 14.0. The molecule has 2 rings (SSSR count). The zero-order valence-electron chi connectivity index (χ0n) is 10.9. The molecule has 0 fully saturated rings. The Hall–Kier alpha value is -2.41. The number of aryl methyl sites for hydroxylation is 1. The molecule has 0 spiro atoms. The van der Waals surface area contributed by atoms with Crippen molar-refractivity contribution in [3.8, 4) is 0 Å². The van der Waals surface area contributed by atoms with Crippen LogP contribution in [0.5, 0.6) is 0 Å². The van der Waals surface area contributed by atoms with Crippen LogP contribution in [0.2, 0.25) is 0 Å². The maximum atomic E-state index is 10.9. The molecule has 0 aliphatic heterocycles. The molecule has 3 N–H and O–H groups in total. The van der Waals surface area contributed by atoms with Crippen molar-refractivity contribution >= 4 is 11.7 Å². The average molecular weight is 276 g/mol. The van der Waals surface area contributed by atoms with Gasteiger partial charge >= 0.3 is 5.97 Å². The van der Waals surface area contributed by atoms with Gasteiger partial charge in [0.05, 0.1) is 18.3 Å². The summed E-state index contributed by atoms with van der Waals surface area (Å²) in [7, 11) is 0. The Morgan fingerprint density at radius 1 is 1.40 bits per heavy atom. The number of nitrogens with zero attached hydrogens (tertiary/aromatic N) is 3. The quantitative estimate of drug-likeness (QED) is 0.696. The average Bonchev–Trinajstić information content (AvgIpc) is 2.91. The Morgan fingerprint density at radius 3 is 3.00 bits per heavy atom. The summed E-state index contributed by atoms with van der Waals surface area (Å²) in [5, 5.41) is 28.7. The number of aromatic carboxylic acids is 1. The van der Waals surface area contributed by atoms with E-state index in [1.54, 1.807) is 35.1 Å². The fourth-order valence-corrected chi connectivity index (χ4v) is 1.72. The first-order valence-electron chi connectivity index (χ1n) is 6.26. The van der Waals surface area contributed by atoms with Gasteiger partial charge in [-0.05, 0) is 24.6 Å². The first-order chi connectivity index (χ1) is 9.69. The molecule has 1 aromatic heterocycles. The van der Waals surface area contributed by atoms with Crippen molar-refractivity contribution in [2.45, 2.75) is 19.5 Å². The molecule has 0 unspecified atom stereocenters. The number of rotatable bonds is 7. The van der Waals surface area contributed by atoms with Gasteiger partial charge in [-0.25, -0.2) is 4.79 Å². The van der Waals surface area contributed by atoms with E-state index in [2.05, 4.69) is 15.6 Å². The minimum Gasteiger partial charge on any atom is -0.478 e. The highest BCUT2D eigenvalue weighted by Crippen LogP contribution is 2.11. The predicted octanol–water partition coefficient (Wildman–Crippen LogP) is 0.971. The second kappa shape index (κ2) is 6.67. The van der Waals surface area contributed by atoms with E-state index in [-0.39, 0.29) is 12.2 Å². The minimum atomic E-state index is -0.955. The molecule has 0 saturated heterocycles. The summed E-state index contributed by atoms with van der Waals surface area (Å²) in [4.78, 5) is 10.9. The second-order valence-corrected chi connectivity index (χ2v) is 4.29. The number of anilines is 1. The highest BCUT2D eigenvalue weighted by molar-refractivity contribution is 5.88. The standard InChI is InChI=1S/C13H16N4O3/c18-6-2-5-17-9-12(15-16-17)8-14-11-4-1-3-10(7-11)13(19)20/h1,3-4,7,9,14,18H,2,5-6,8H2,(H,19,20). The van der Waals surface area contributed by atoms with Crippen LogP contribution in [0.25, 0.3) is 0 Å². The fraction of sp³-hybridized carbons (Fsp3) is 0.308. The lowest BCUT2D eigenvalue weighted by atomic mass is 10.2. The number of carboxylic acid groups (broad SMARTS) is 1. The maximum absolute atomic E-state index is 10.9. The Kier molecular flexibility index (Phi) is 4.67. The molecular weight excluding hydrogens is 260 g/mol. The molecule has 0 saturated carbocycles. The molecular formula is C13H16N4O3. The van der Waals surface area contributed by atoms with Crippen LogP contribution >= 0.6 is 0 Å². The van der Waals surface area contributed by atoms with E-state index in [4.69, 9.17) is 10.2 Å². The number of hydrogen-bond acceptors (Lipinski definition) is 5. The SMILES string of the molecule is O=C(O)c1cccc(NCc2cn(CCCO)nn2)c1. The van der Waals surface area contributed by atoms with Gasteiger partial charge in [-0.1, -0.05) is 11.3 Å². The van der Waals surface area contributed by atoms with Gasteiger partial charge in [0.1, 0.15) is 5.69 Å². The largest absolute Gasteiger partial charge is 0.478 e. The fourth-order valence-electron chi connectivity index (χ4n) is 1.72. The third kappa shape index (κ3) is 3.79. The highest BCUT2D eigenvalue weighted by atomic mass is 16.4. The molecule has 0 atom stereocenters. The molecule has 0 aliphatic rings. The van der Waals surface area contributed by atoms with Crippen LogP contribution in [-0.2, 0) is 13.1 Å². The summed E-state index contributed by atoms with van der Waals surface area (Å²) in [5.74, 6) is -0.955. The first-order valence-corrected chi connectivity index (χ1v) is 6.26. The Balaban J connectivity index is 1.93. The Labute approximate surface area is 115 Å². The van der Waals surface area contributed by atoms with E-state index in [9.17, 15) is 4.79 Å². The summed E-state index contributed by atoms with van der Waals surface area (Å²) < 4.78 is 1.67. The zero-order valence-corrected chi connectivity index (χ0v) is 10.9. The molecule has 20 heavy (non-hydrogen) atoms. The van der Waals surface area contributed by atoms with Crippen molar-refractivity contribution in [2.24, 2.45) is 0 Å². The summed E-state index contributed by atoms with van der Waals surface area (Å²) in [5.41, 5.74) is 1.71. The molecule has 1 aromatic carbocycles. The van der Waals surface area contributed by atoms with E-state index in [1.165, 1.54) is 0 Å². The number of aliphatic hydroxyl groups is 1. The van der Waals surface area contributed by atoms with Gasteiger partial charge < -0.3 is 15.5 Å². The minimum absolute atomic E-state index is 0.120.